The molecule has 29 nitrogen and oxygen atoms in total. The Bertz CT molecular complexity index is 3480. The quantitative estimate of drug-likeness (QED) is 0.0294. The fraction of sp³-hybridized carbons (Fsp3) is 0.448. The monoisotopic (exact) mass is 1210 g/mol. The van der Waals surface area contributed by atoms with Crippen LogP contribution in [-0.4, -0.2) is 219 Å². The van der Waals surface area contributed by atoms with Gasteiger partial charge in [0.25, 0.3) is 23.6 Å². The van der Waals surface area contributed by atoms with Gasteiger partial charge in [0.2, 0.25) is 17.6 Å². The summed E-state index contributed by atoms with van der Waals surface area (Å²) in [5.41, 5.74) is -3.45. The highest BCUT2D eigenvalue weighted by Gasteiger charge is 2.55. The predicted octanol–water partition coefficient (Wildman–Crippen LogP) is -0.319. The third-order valence-corrected chi connectivity index (χ3v) is 16.2. The Morgan fingerprint density at radius 3 is 2.34 bits per heavy atom. The number of hydrogen-bond acceptors (Lipinski definition) is 22. The van der Waals surface area contributed by atoms with Crippen LogP contribution in [0.5, 0.6) is 17.2 Å². The molecule has 5 heterocycles. The number of carboxylic acid groups (broad SMARTS) is 1. The first-order valence-corrected chi connectivity index (χ1v) is 27.9. The third-order valence-electron chi connectivity index (χ3n) is 16.2. The van der Waals surface area contributed by atoms with Gasteiger partial charge in [-0.3, -0.25) is 52.8 Å². The minimum absolute atomic E-state index is 0.0284. The molecule has 6 N–H and O–H groups in total. The lowest BCUT2D eigenvalue weighted by molar-refractivity contribution is -0.256. The summed E-state index contributed by atoms with van der Waals surface area (Å²) in [6.45, 7) is 0.652. The van der Waals surface area contributed by atoms with E-state index in [-0.39, 0.29) is 90.7 Å². The van der Waals surface area contributed by atoms with Crippen molar-refractivity contribution in [1.29, 1.82) is 0 Å². The van der Waals surface area contributed by atoms with E-state index in [0.29, 0.717) is 18.7 Å². The van der Waals surface area contributed by atoms with Crippen molar-refractivity contribution in [1.82, 2.24) is 40.3 Å². The molecule has 29 heteroatoms. The highest BCUT2D eigenvalue weighted by Crippen LogP contribution is 2.53. The van der Waals surface area contributed by atoms with E-state index < -0.39 is 157 Å². The van der Waals surface area contributed by atoms with Gasteiger partial charge in [-0.2, -0.15) is 0 Å². The summed E-state index contributed by atoms with van der Waals surface area (Å²) < 4.78 is 37.2. The number of carboxylic acids is 1. The summed E-state index contributed by atoms with van der Waals surface area (Å²) in [5, 5.41) is 58.7. The standard InChI is InChI=1S/C58H63N9O20/c1-29-53-36(66-19-20-84-56(83-4)55(66)87-53)22-44(85-29)86-38-24-58(81,23-34-46(38)52(78)48-47(50(34)76)49(75)33-8-5-9-37(82-3)45(33)51(48)77)57(80)59-16-6-7-32(68)25-60-54(79)35-26-65(62-61-35)18-17-64(27-42(72)63(2)28-43(73)74)41(71)21-30-10-12-31(13-11-30)67-39(69)14-15-40(67)70/h5,8-15,26,29,36,38,44,53,55-56,76,78,81H,6-7,16-25,27-28H2,1-4H3,(H,59,80)(H,60,79)(H,73,74)/t29-,36-,38-,44-,53+,55+,56-,58-/m1/s1. The number of fused-ring (bicyclic) bond motifs is 6. The van der Waals surface area contributed by atoms with Crippen molar-refractivity contribution in [3.05, 3.63) is 105 Å². The predicted molar refractivity (Wildman–Crippen MR) is 295 cm³/mol. The van der Waals surface area contributed by atoms with Gasteiger partial charge in [0.1, 0.15) is 35.5 Å². The number of carbonyl (C=O) groups excluding carboxylic acids is 9. The molecule has 3 aromatic carbocycles. The van der Waals surface area contributed by atoms with Crippen molar-refractivity contribution in [2.75, 3.05) is 72.0 Å². The molecule has 4 aliphatic heterocycles. The van der Waals surface area contributed by atoms with Crippen LogP contribution >= 0.6 is 0 Å². The van der Waals surface area contributed by atoms with Gasteiger partial charge in [-0.1, -0.05) is 29.5 Å². The number of ketones is 3. The number of phenolic OH excluding ortho intramolecular Hbond substituents is 2. The number of imide groups is 1. The fourth-order valence-corrected chi connectivity index (χ4v) is 11.8. The summed E-state index contributed by atoms with van der Waals surface area (Å²) in [6, 6.07) is 10.1. The van der Waals surface area contributed by atoms with Crippen LogP contribution in [-0.2, 0) is 76.6 Å². The number of benzene rings is 3. The number of aromatic nitrogens is 3. The van der Waals surface area contributed by atoms with Crippen LogP contribution in [0.4, 0.5) is 5.69 Å². The van der Waals surface area contributed by atoms with E-state index in [4.69, 9.17) is 28.4 Å². The molecule has 3 fully saturated rings. The van der Waals surface area contributed by atoms with E-state index in [1.807, 2.05) is 0 Å². The number of rotatable bonds is 22. The number of methoxy groups -OCH3 is 2. The Labute approximate surface area is 495 Å². The zero-order chi connectivity index (χ0) is 62.2. The minimum Gasteiger partial charge on any atom is -0.507 e. The van der Waals surface area contributed by atoms with Gasteiger partial charge in [0, 0.05) is 94.4 Å². The van der Waals surface area contributed by atoms with Gasteiger partial charge in [-0.25, -0.2) is 9.58 Å². The maximum Gasteiger partial charge on any atom is 0.323 e. The SMILES string of the molecule is COc1cccc2c1C(=O)c1c(O)c3c(c(O)c1C2=O)C[C@](O)(C(=O)NCCCC(=O)CNC(=O)c1cn(CCN(CC(=O)N(C)CC(=O)O)C(=O)Cc2ccc(N4C(=O)C=CC4=O)cc2)nn1)C[C@H]3O[C@@H]1C[C@@H]2[C@@H](O[C@H]3[C@H](OC)OCCN23)[C@@H](C)O1. The molecule has 10 rings (SSSR count). The number of likely N-dealkylation sites (N-methyl/N-ethyl adjacent to an activating group) is 1. The molecule has 0 saturated carbocycles. The second kappa shape index (κ2) is 25.2. The molecule has 6 amide bonds. The second-order valence-electron chi connectivity index (χ2n) is 21.8. The van der Waals surface area contributed by atoms with Crippen LogP contribution in [0.25, 0.3) is 0 Å². The number of Topliss-reactive ketones (excluding diaryl/α,β-unsaturated/α-hetero) is 1. The highest BCUT2D eigenvalue weighted by atomic mass is 16.7. The number of ether oxygens (including phenoxy) is 6. The summed E-state index contributed by atoms with van der Waals surface area (Å²) in [4.78, 5) is 136. The van der Waals surface area contributed by atoms with Gasteiger partial charge in [-0.15, -0.1) is 5.10 Å². The average molecular weight is 1210 g/mol. The lowest BCUT2D eigenvalue weighted by atomic mass is 9.72. The number of aliphatic carboxylic acids is 1. The van der Waals surface area contributed by atoms with E-state index in [0.717, 1.165) is 22.0 Å². The zero-order valence-corrected chi connectivity index (χ0v) is 47.7. The van der Waals surface area contributed by atoms with Gasteiger partial charge in [0.15, 0.2) is 36.1 Å². The third kappa shape index (κ3) is 12.3. The molecule has 3 saturated heterocycles. The van der Waals surface area contributed by atoms with E-state index in [1.54, 1.807) is 6.92 Å². The van der Waals surface area contributed by atoms with Crippen LogP contribution in [0, 0.1) is 0 Å². The van der Waals surface area contributed by atoms with Crippen molar-refractivity contribution < 1.29 is 96.8 Å². The smallest absolute Gasteiger partial charge is 0.323 e. The first-order valence-electron chi connectivity index (χ1n) is 27.9. The molecule has 0 bridgehead atoms. The first-order chi connectivity index (χ1) is 41.6. The molecule has 0 unspecified atom stereocenters. The molecule has 8 atom stereocenters. The summed E-state index contributed by atoms with van der Waals surface area (Å²) >= 11 is 0. The van der Waals surface area contributed by atoms with Crippen molar-refractivity contribution in [2.45, 2.75) is 101 Å². The largest absolute Gasteiger partial charge is 0.507 e. The number of amides is 6. The molecule has 87 heavy (non-hydrogen) atoms. The Kier molecular flexibility index (Phi) is 17.8. The van der Waals surface area contributed by atoms with Crippen molar-refractivity contribution in [3.8, 4) is 17.2 Å². The van der Waals surface area contributed by atoms with E-state index in [2.05, 4.69) is 25.8 Å². The number of hydrogen-bond donors (Lipinski definition) is 6. The van der Waals surface area contributed by atoms with E-state index in [9.17, 15) is 68.4 Å². The van der Waals surface area contributed by atoms with Gasteiger partial charge in [-0.05, 0) is 37.1 Å². The number of nitrogens with one attached hydrogen (secondary N) is 2. The van der Waals surface area contributed by atoms with Crippen LogP contribution in [0.2, 0.25) is 0 Å². The van der Waals surface area contributed by atoms with E-state index >= 15 is 0 Å². The number of aliphatic hydroxyl groups is 1. The Hall–Kier alpha value is -8.84. The van der Waals surface area contributed by atoms with Crippen LogP contribution in [0.1, 0.15) is 97.7 Å². The zero-order valence-electron chi connectivity index (χ0n) is 47.7. The number of nitrogens with zero attached hydrogens (tertiary/aromatic N) is 7. The Morgan fingerprint density at radius 2 is 1.63 bits per heavy atom. The molecule has 6 aliphatic rings. The number of carbonyl (C=O) groups is 10. The number of phenols is 2. The maximum absolute atomic E-state index is 14.3. The molecule has 460 valence electrons. The van der Waals surface area contributed by atoms with Gasteiger partial charge < -0.3 is 69.3 Å². The summed E-state index contributed by atoms with van der Waals surface area (Å²) in [5.74, 6) is -8.75. The molecular weight excluding hydrogens is 1140 g/mol. The lowest BCUT2D eigenvalue weighted by Crippen LogP contribution is -2.55. The topological polar surface area (TPSA) is 375 Å². The Balaban J connectivity index is 0.761. The maximum atomic E-state index is 14.3. The molecular formula is C58H63N9O20. The fourth-order valence-electron chi connectivity index (χ4n) is 11.8. The average Bonchev–Trinajstić information content (AvgIpc) is 1.49. The molecule has 0 radical (unpaired) electrons. The first kappa shape index (κ1) is 61.3. The summed E-state index contributed by atoms with van der Waals surface area (Å²) in [6.07, 6.45) is -2.54. The van der Waals surface area contributed by atoms with Crippen LogP contribution in [0.3, 0.4) is 0 Å². The number of anilines is 1. The van der Waals surface area contributed by atoms with Gasteiger partial charge in [0.05, 0.1) is 80.6 Å². The highest BCUT2D eigenvalue weighted by molar-refractivity contribution is 6.31. The van der Waals surface area contributed by atoms with Crippen LogP contribution in [0.15, 0.2) is 60.8 Å². The van der Waals surface area contributed by atoms with Crippen molar-refractivity contribution in [3.63, 3.8) is 0 Å². The minimum atomic E-state index is -2.38. The lowest BCUT2D eigenvalue weighted by Gasteiger charge is -2.43. The molecule has 4 aromatic rings. The van der Waals surface area contributed by atoms with E-state index in [1.165, 1.54) is 79.5 Å². The second-order valence-corrected chi connectivity index (χ2v) is 21.8. The molecule has 0 spiro atoms. The van der Waals surface area contributed by atoms with Crippen molar-refractivity contribution >= 4 is 64.4 Å². The molecule has 1 aromatic heterocycles. The Morgan fingerprint density at radius 1 is 0.897 bits per heavy atom. The van der Waals surface area contributed by atoms with Crippen molar-refractivity contribution in [2.24, 2.45) is 0 Å². The van der Waals surface area contributed by atoms with Gasteiger partial charge >= 0.3 is 5.97 Å². The van der Waals surface area contributed by atoms with Crippen LogP contribution < -0.4 is 20.3 Å². The summed E-state index contributed by atoms with van der Waals surface area (Å²) in [7, 11) is 4.09. The number of morpholine rings is 1. The normalized spacial score (nSPS) is 23.7. The molecule has 2 aliphatic carbocycles. The number of aromatic hydroxyl groups is 2.